The van der Waals surface area contributed by atoms with Gasteiger partial charge in [-0.2, -0.15) is 5.10 Å². The Morgan fingerprint density at radius 2 is 2.08 bits per heavy atom. The summed E-state index contributed by atoms with van der Waals surface area (Å²) in [5.74, 6) is 0.921. The van der Waals surface area contributed by atoms with Crippen molar-refractivity contribution in [3.8, 4) is 11.5 Å². The first-order chi connectivity index (χ1) is 11.9. The molecule has 2 rings (SSSR count). The number of rotatable bonds is 6. The van der Waals surface area contributed by atoms with E-state index < -0.39 is 0 Å². The monoisotopic (exact) mass is 492 g/mol. The molecule has 132 valence electrons. The minimum Gasteiger partial charge on any atom is -0.493 e. The molecule has 25 heavy (non-hydrogen) atoms. The summed E-state index contributed by atoms with van der Waals surface area (Å²) in [4.78, 5) is 10.9. The van der Waals surface area contributed by atoms with Crippen LogP contribution in [0.4, 0.5) is 0 Å². The molecule has 0 radical (unpaired) electrons. The van der Waals surface area contributed by atoms with Crippen LogP contribution in [-0.4, -0.2) is 19.2 Å². The van der Waals surface area contributed by atoms with Crippen molar-refractivity contribution in [1.29, 1.82) is 0 Å². The number of halogens is 3. The molecule has 0 unspecified atom stereocenters. The van der Waals surface area contributed by atoms with Crippen LogP contribution in [0, 0.1) is 3.57 Å². The van der Waals surface area contributed by atoms with E-state index in [0.717, 1.165) is 14.7 Å². The van der Waals surface area contributed by atoms with Crippen LogP contribution in [0.5, 0.6) is 11.5 Å². The molecular formula is C17H15Cl2IN2O3. The third-order valence-corrected chi connectivity index (χ3v) is 4.46. The summed E-state index contributed by atoms with van der Waals surface area (Å²) in [5, 5.41) is 4.96. The molecular weight excluding hydrogens is 478 g/mol. The van der Waals surface area contributed by atoms with Gasteiger partial charge in [0.15, 0.2) is 11.5 Å². The quantitative estimate of drug-likeness (QED) is 0.362. The maximum Gasteiger partial charge on any atom is 0.236 e. The topological polar surface area (TPSA) is 59.9 Å². The molecule has 1 amide bonds. The lowest BCUT2D eigenvalue weighted by Crippen LogP contribution is -2.12. The van der Waals surface area contributed by atoms with Crippen LogP contribution in [0.25, 0.3) is 0 Å². The highest BCUT2D eigenvalue weighted by molar-refractivity contribution is 14.1. The lowest BCUT2D eigenvalue weighted by atomic mass is 10.2. The van der Waals surface area contributed by atoms with Crippen LogP contribution in [0.1, 0.15) is 18.1 Å². The summed E-state index contributed by atoms with van der Waals surface area (Å²) < 4.78 is 12.1. The molecule has 0 saturated carbocycles. The summed E-state index contributed by atoms with van der Waals surface area (Å²) in [7, 11) is 1.56. The Bertz CT molecular complexity index is 813. The number of methoxy groups -OCH3 is 1. The number of benzene rings is 2. The molecule has 0 spiro atoms. The van der Waals surface area contributed by atoms with Gasteiger partial charge in [0.2, 0.25) is 5.91 Å². The van der Waals surface area contributed by atoms with Gasteiger partial charge in [-0.25, -0.2) is 5.43 Å². The van der Waals surface area contributed by atoms with Crippen LogP contribution in [0.2, 0.25) is 10.0 Å². The van der Waals surface area contributed by atoms with E-state index in [2.05, 4.69) is 33.1 Å². The number of ether oxygens (including phenoxy) is 2. The third-order valence-electron chi connectivity index (χ3n) is 3.07. The van der Waals surface area contributed by atoms with Crippen molar-refractivity contribution < 1.29 is 14.3 Å². The molecule has 0 aliphatic heterocycles. The predicted molar refractivity (Wildman–Crippen MR) is 108 cm³/mol. The highest BCUT2D eigenvalue weighted by atomic mass is 127. The summed E-state index contributed by atoms with van der Waals surface area (Å²) >= 11 is 14.2. The molecule has 0 fully saturated rings. The number of hydrogen-bond acceptors (Lipinski definition) is 4. The average molecular weight is 493 g/mol. The third kappa shape index (κ3) is 5.76. The fraction of sp³-hybridized carbons (Fsp3) is 0.176. The van der Waals surface area contributed by atoms with E-state index in [1.807, 2.05) is 12.1 Å². The van der Waals surface area contributed by atoms with Gasteiger partial charge in [0.25, 0.3) is 0 Å². The zero-order valence-electron chi connectivity index (χ0n) is 13.5. The van der Waals surface area contributed by atoms with Crippen LogP contribution in [-0.2, 0) is 11.4 Å². The Balaban J connectivity index is 2.19. The van der Waals surface area contributed by atoms with E-state index >= 15 is 0 Å². The van der Waals surface area contributed by atoms with Crippen molar-refractivity contribution in [2.45, 2.75) is 13.5 Å². The number of amides is 1. The number of hydrazone groups is 1. The molecule has 8 heteroatoms. The SMILES string of the molecule is COc1cc(/C=N\NC(C)=O)cc(I)c1OCc1ccc(Cl)cc1Cl. The Morgan fingerprint density at radius 1 is 1.32 bits per heavy atom. The van der Waals surface area contributed by atoms with E-state index in [0.29, 0.717) is 21.5 Å². The molecule has 0 aliphatic rings. The molecule has 0 heterocycles. The van der Waals surface area contributed by atoms with Crippen LogP contribution in [0.15, 0.2) is 35.4 Å². The minimum absolute atomic E-state index is 0.238. The van der Waals surface area contributed by atoms with Crippen molar-refractivity contribution >= 4 is 57.9 Å². The zero-order valence-corrected chi connectivity index (χ0v) is 17.1. The van der Waals surface area contributed by atoms with Gasteiger partial charge in [0.1, 0.15) is 6.61 Å². The molecule has 0 aromatic heterocycles. The highest BCUT2D eigenvalue weighted by Crippen LogP contribution is 2.34. The van der Waals surface area contributed by atoms with Crippen molar-refractivity contribution in [3.63, 3.8) is 0 Å². The average Bonchev–Trinajstić information content (AvgIpc) is 2.54. The van der Waals surface area contributed by atoms with Gasteiger partial charge in [-0.3, -0.25) is 4.79 Å². The van der Waals surface area contributed by atoms with Gasteiger partial charge in [-0.1, -0.05) is 29.3 Å². The van der Waals surface area contributed by atoms with Crippen molar-refractivity contribution in [2.75, 3.05) is 7.11 Å². The number of carbonyl (C=O) groups is 1. The molecule has 0 atom stereocenters. The molecule has 0 saturated heterocycles. The first-order valence-corrected chi connectivity index (χ1v) is 8.98. The lowest BCUT2D eigenvalue weighted by molar-refractivity contribution is -0.118. The number of hydrogen-bond donors (Lipinski definition) is 1. The van der Waals surface area contributed by atoms with Gasteiger partial charge in [0.05, 0.1) is 16.9 Å². The minimum atomic E-state index is -0.238. The maximum absolute atomic E-state index is 10.9. The van der Waals surface area contributed by atoms with Gasteiger partial charge >= 0.3 is 0 Å². The highest BCUT2D eigenvalue weighted by Gasteiger charge is 2.12. The summed E-state index contributed by atoms with van der Waals surface area (Å²) in [6, 6.07) is 8.89. The predicted octanol–water partition coefficient (Wildman–Crippen LogP) is 4.66. The van der Waals surface area contributed by atoms with Crippen LogP contribution in [0.3, 0.4) is 0 Å². The molecule has 0 bridgehead atoms. The van der Waals surface area contributed by atoms with Crippen molar-refractivity contribution in [1.82, 2.24) is 5.43 Å². The van der Waals surface area contributed by atoms with Gasteiger partial charge in [-0.05, 0) is 52.4 Å². The maximum atomic E-state index is 10.9. The standard InChI is InChI=1S/C17H15Cl2IN2O3/c1-10(23)22-21-8-11-5-15(20)17(16(6-11)24-2)25-9-12-3-4-13(18)7-14(12)19/h3-8H,9H2,1-2H3,(H,22,23)/b21-8-. The van der Waals surface area contributed by atoms with E-state index in [1.54, 1.807) is 25.3 Å². The molecule has 2 aromatic rings. The van der Waals surface area contributed by atoms with Crippen molar-refractivity contribution in [2.24, 2.45) is 5.10 Å². The molecule has 2 aromatic carbocycles. The largest absolute Gasteiger partial charge is 0.493 e. The van der Waals surface area contributed by atoms with Gasteiger partial charge in [-0.15, -0.1) is 0 Å². The summed E-state index contributed by atoms with van der Waals surface area (Å²) in [5.41, 5.74) is 3.94. The summed E-state index contributed by atoms with van der Waals surface area (Å²) in [6.07, 6.45) is 1.53. The van der Waals surface area contributed by atoms with E-state index in [1.165, 1.54) is 13.1 Å². The van der Waals surface area contributed by atoms with E-state index in [-0.39, 0.29) is 12.5 Å². The van der Waals surface area contributed by atoms with E-state index in [9.17, 15) is 4.79 Å². The first kappa shape index (κ1) is 19.8. The second-order valence-electron chi connectivity index (χ2n) is 4.98. The van der Waals surface area contributed by atoms with Crippen LogP contribution >= 0.6 is 45.8 Å². The molecule has 5 nitrogen and oxygen atoms in total. The van der Waals surface area contributed by atoms with Crippen molar-refractivity contribution in [3.05, 3.63) is 55.1 Å². The van der Waals surface area contributed by atoms with E-state index in [4.69, 9.17) is 32.7 Å². The second kappa shape index (κ2) is 9.26. The number of nitrogens with zero attached hydrogens (tertiary/aromatic N) is 1. The fourth-order valence-corrected chi connectivity index (χ4v) is 3.18. The molecule has 1 N–H and O–H groups in total. The fourth-order valence-electron chi connectivity index (χ4n) is 1.94. The Hall–Kier alpha value is -1.51. The lowest BCUT2D eigenvalue weighted by Gasteiger charge is -2.14. The Morgan fingerprint density at radius 3 is 2.72 bits per heavy atom. The van der Waals surface area contributed by atoms with Gasteiger partial charge < -0.3 is 9.47 Å². The smallest absolute Gasteiger partial charge is 0.236 e. The zero-order chi connectivity index (χ0) is 18.4. The Kier molecular flexibility index (Phi) is 7.34. The number of nitrogens with one attached hydrogen (secondary N) is 1. The second-order valence-corrected chi connectivity index (χ2v) is 6.99. The van der Waals surface area contributed by atoms with Crippen LogP contribution < -0.4 is 14.9 Å². The first-order valence-electron chi connectivity index (χ1n) is 7.14. The summed E-state index contributed by atoms with van der Waals surface area (Å²) in [6.45, 7) is 1.67. The molecule has 0 aliphatic carbocycles. The van der Waals surface area contributed by atoms with Gasteiger partial charge in [0, 0.05) is 22.5 Å². The Labute approximate surface area is 169 Å². The number of carbonyl (C=O) groups excluding carboxylic acids is 1. The normalized spacial score (nSPS) is 10.8.